The fourth-order valence-corrected chi connectivity index (χ4v) is 5.26. The van der Waals surface area contributed by atoms with Gasteiger partial charge in [-0.05, 0) is 49.9 Å². The molecular formula is C21H28N2O2. The molecule has 1 fully saturated rings. The molecule has 1 saturated heterocycles. The topological polar surface area (TPSA) is 43.8 Å². The van der Waals surface area contributed by atoms with Crippen LogP contribution in [0.1, 0.15) is 44.1 Å². The third-order valence-electron chi connectivity index (χ3n) is 6.67. The Balaban J connectivity index is 1.92. The molecule has 0 spiro atoms. The van der Waals surface area contributed by atoms with Crippen LogP contribution in [0.25, 0.3) is 0 Å². The molecule has 4 rings (SSSR count). The Kier molecular flexibility index (Phi) is 4.20. The standard InChI is InChI=1S/C21H28N2O2/c1-3-21-9-6-10-22(2)13-15-11-19(17(21)14-24)23(20(25)12-21)18-8-5-4-7-16(15)18/h4-5,7-8,11,15,17,24H,3,6,9-10,12-14H2,1-2H3. The first kappa shape index (κ1) is 16.8. The monoisotopic (exact) mass is 340 g/mol. The highest BCUT2D eigenvalue weighted by Crippen LogP contribution is 2.53. The summed E-state index contributed by atoms with van der Waals surface area (Å²) in [4.78, 5) is 17.5. The van der Waals surface area contributed by atoms with Crippen LogP contribution in [-0.2, 0) is 4.79 Å². The fraction of sp³-hybridized carbons (Fsp3) is 0.571. The van der Waals surface area contributed by atoms with Gasteiger partial charge in [0, 0.05) is 30.5 Å². The normalized spacial score (nSPS) is 32.4. The number of carbonyl (C=O) groups excluding carboxylic acids is 1. The highest BCUT2D eigenvalue weighted by molar-refractivity contribution is 6.00. The molecule has 3 unspecified atom stereocenters. The van der Waals surface area contributed by atoms with Crippen LogP contribution in [0.5, 0.6) is 0 Å². The van der Waals surface area contributed by atoms with Crippen molar-refractivity contribution in [3.05, 3.63) is 41.6 Å². The van der Waals surface area contributed by atoms with Crippen LogP contribution in [0.15, 0.2) is 36.0 Å². The van der Waals surface area contributed by atoms with Crippen molar-refractivity contribution in [2.75, 3.05) is 31.6 Å². The number of nitrogens with zero attached hydrogens (tertiary/aromatic N) is 2. The molecule has 1 amide bonds. The Hall–Kier alpha value is -1.65. The minimum Gasteiger partial charge on any atom is -0.396 e. The summed E-state index contributed by atoms with van der Waals surface area (Å²) in [6, 6.07) is 8.28. The molecule has 134 valence electrons. The van der Waals surface area contributed by atoms with Gasteiger partial charge in [0.1, 0.15) is 0 Å². The maximum atomic E-state index is 13.2. The zero-order valence-electron chi connectivity index (χ0n) is 15.2. The predicted molar refractivity (Wildman–Crippen MR) is 99.4 cm³/mol. The molecule has 0 radical (unpaired) electrons. The maximum absolute atomic E-state index is 13.2. The number of likely N-dealkylation sites (N-methyl/N-ethyl adjacent to an activating group) is 1. The van der Waals surface area contributed by atoms with Crippen molar-refractivity contribution in [3.8, 4) is 0 Å². The lowest BCUT2D eigenvalue weighted by atomic mass is 9.63. The zero-order chi connectivity index (χ0) is 17.6. The minimum absolute atomic E-state index is 0.0504. The molecule has 0 saturated carbocycles. The first-order valence-electron chi connectivity index (χ1n) is 9.52. The van der Waals surface area contributed by atoms with E-state index in [0.717, 1.165) is 43.7 Å². The number of hydrogen-bond acceptors (Lipinski definition) is 3. The van der Waals surface area contributed by atoms with Gasteiger partial charge >= 0.3 is 0 Å². The van der Waals surface area contributed by atoms with Gasteiger partial charge in [0.25, 0.3) is 0 Å². The van der Waals surface area contributed by atoms with Crippen LogP contribution in [0.3, 0.4) is 0 Å². The molecule has 1 N–H and O–H groups in total. The van der Waals surface area contributed by atoms with Gasteiger partial charge in [-0.1, -0.05) is 31.2 Å². The van der Waals surface area contributed by atoms with Crippen LogP contribution in [0.2, 0.25) is 0 Å². The van der Waals surface area contributed by atoms with Crippen molar-refractivity contribution in [3.63, 3.8) is 0 Å². The van der Waals surface area contributed by atoms with Gasteiger partial charge < -0.3 is 10.0 Å². The molecule has 3 bridgehead atoms. The molecular weight excluding hydrogens is 312 g/mol. The number of aliphatic hydroxyl groups is 1. The smallest absolute Gasteiger partial charge is 0.231 e. The van der Waals surface area contributed by atoms with Crippen molar-refractivity contribution >= 4 is 11.6 Å². The van der Waals surface area contributed by atoms with E-state index in [-0.39, 0.29) is 29.8 Å². The maximum Gasteiger partial charge on any atom is 0.231 e. The van der Waals surface area contributed by atoms with Gasteiger partial charge in [0.2, 0.25) is 5.91 Å². The van der Waals surface area contributed by atoms with Gasteiger partial charge in [0.05, 0.1) is 12.3 Å². The number of benzene rings is 1. The third kappa shape index (κ3) is 2.54. The summed E-state index contributed by atoms with van der Waals surface area (Å²) in [5.74, 6) is 0.521. The van der Waals surface area contributed by atoms with E-state index >= 15 is 0 Å². The molecule has 4 nitrogen and oxygen atoms in total. The molecule has 3 aliphatic rings. The molecule has 3 heterocycles. The summed E-state index contributed by atoms with van der Waals surface area (Å²) < 4.78 is 0. The van der Waals surface area contributed by atoms with Gasteiger partial charge in [-0.2, -0.15) is 0 Å². The average molecular weight is 340 g/mol. The predicted octanol–water partition coefficient (Wildman–Crippen LogP) is 3.13. The number of anilines is 1. The van der Waals surface area contributed by atoms with Gasteiger partial charge in [-0.15, -0.1) is 0 Å². The third-order valence-corrected chi connectivity index (χ3v) is 6.67. The molecule has 4 heteroatoms. The summed E-state index contributed by atoms with van der Waals surface area (Å²) in [6.45, 7) is 4.30. The summed E-state index contributed by atoms with van der Waals surface area (Å²) in [7, 11) is 2.19. The highest BCUT2D eigenvalue weighted by Gasteiger charge is 2.50. The van der Waals surface area contributed by atoms with Crippen molar-refractivity contribution in [2.45, 2.75) is 38.5 Å². The van der Waals surface area contributed by atoms with E-state index in [2.05, 4.69) is 43.1 Å². The minimum atomic E-state index is -0.108. The van der Waals surface area contributed by atoms with E-state index in [4.69, 9.17) is 0 Å². The Morgan fingerprint density at radius 2 is 2.12 bits per heavy atom. The average Bonchev–Trinajstić information content (AvgIpc) is 2.61. The number of rotatable bonds is 2. The second-order valence-electron chi connectivity index (χ2n) is 7.98. The Morgan fingerprint density at radius 1 is 1.32 bits per heavy atom. The number of fused-ring (bicyclic) bond motifs is 5. The molecule has 25 heavy (non-hydrogen) atoms. The lowest BCUT2D eigenvalue weighted by Gasteiger charge is -2.51. The van der Waals surface area contributed by atoms with E-state index in [1.807, 2.05) is 11.0 Å². The molecule has 3 atom stereocenters. The number of carbonyl (C=O) groups is 1. The molecule has 0 aromatic heterocycles. The second-order valence-corrected chi connectivity index (χ2v) is 7.98. The Morgan fingerprint density at radius 3 is 2.88 bits per heavy atom. The number of hydrogen-bond donors (Lipinski definition) is 1. The Bertz CT molecular complexity index is 714. The van der Waals surface area contributed by atoms with E-state index in [9.17, 15) is 9.90 Å². The van der Waals surface area contributed by atoms with Crippen molar-refractivity contribution in [2.24, 2.45) is 11.3 Å². The summed E-state index contributed by atoms with van der Waals surface area (Å²) in [5.41, 5.74) is 3.18. The number of piperidine rings is 1. The van der Waals surface area contributed by atoms with E-state index < -0.39 is 0 Å². The van der Waals surface area contributed by atoms with Crippen LogP contribution in [-0.4, -0.2) is 42.7 Å². The molecule has 1 aromatic rings. The summed E-state index contributed by atoms with van der Waals surface area (Å²) in [5, 5.41) is 10.3. The lowest BCUT2D eigenvalue weighted by molar-refractivity contribution is -0.124. The van der Waals surface area contributed by atoms with Crippen molar-refractivity contribution in [1.29, 1.82) is 0 Å². The first-order chi connectivity index (χ1) is 12.1. The molecule has 1 aromatic carbocycles. The second kappa shape index (κ2) is 6.26. The lowest BCUT2D eigenvalue weighted by Crippen LogP contribution is -2.52. The SMILES string of the molecule is CCC12CCCN(C)CC3C=C(C1CO)N(C(=O)C2)c1ccccc13. The van der Waals surface area contributed by atoms with Crippen molar-refractivity contribution < 1.29 is 9.90 Å². The fourth-order valence-electron chi connectivity index (χ4n) is 5.26. The largest absolute Gasteiger partial charge is 0.396 e. The number of amides is 1. The number of aliphatic hydroxyl groups excluding tert-OH is 1. The highest BCUT2D eigenvalue weighted by atomic mass is 16.3. The first-order valence-corrected chi connectivity index (χ1v) is 9.52. The van der Waals surface area contributed by atoms with Crippen LogP contribution < -0.4 is 4.90 Å². The van der Waals surface area contributed by atoms with Crippen molar-refractivity contribution in [1.82, 2.24) is 4.90 Å². The van der Waals surface area contributed by atoms with Gasteiger partial charge in [-0.3, -0.25) is 9.69 Å². The Labute approximate surface area is 150 Å². The van der Waals surface area contributed by atoms with E-state index in [1.54, 1.807) is 0 Å². The number of para-hydroxylation sites is 1. The quantitative estimate of drug-likeness (QED) is 0.899. The van der Waals surface area contributed by atoms with E-state index in [1.165, 1.54) is 5.56 Å². The van der Waals surface area contributed by atoms with Crippen LogP contribution in [0, 0.1) is 11.3 Å². The van der Waals surface area contributed by atoms with Crippen LogP contribution >= 0.6 is 0 Å². The van der Waals surface area contributed by atoms with Crippen LogP contribution in [0.4, 0.5) is 5.69 Å². The molecule has 0 aliphatic carbocycles. The molecule has 3 aliphatic heterocycles. The summed E-state index contributed by atoms with van der Waals surface area (Å²) >= 11 is 0. The summed E-state index contributed by atoms with van der Waals surface area (Å²) in [6.07, 6.45) is 5.82. The van der Waals surface area contributed by atoms with E-state index in [0.29, 0.717) is 6.42 Å². The van der Waals surface area contributed by atoms with Gasteiger partial charge in [0.15, 0.2) is 0 Å². The van der Waals surface area contributed by atoms with Gasteiger partial charge in [-0.25, -0.2) is 0 Å². The zero-order valence-corrected chi connectivity index (χ0v) is 15.2.